The molecule has 0 amide bonds. The molecular formula is C21H35N3O3Si. The third-order valence-corrected chi connectivity index (χ3v) is 11.0. The lowest BCUT2D eigenvalue weighted by Crippen LogP contribution is -2.59. The minimum Gasteiger partial charge on any atom is -0.465 e. The number of nitrogens with one attached hydrogen (secondary N) is 1. The molecule has 7 heteroatoms. The number of carbonyl (C=O) groups excluding carboxylic acids is 1. The van der Waals surface area contributed by atoms with Crippen molar-refractivity contribution in [2.24, 2.45) is 0 Å². The number of esters is 1. The highest BCUT2D eigenvalue weighted by atomic mass is 28.4. The van der Waals surface area contributed by atoms with Crippen LogP contribution in [0.5, 0.6) is 0 Å². The van der Waals surface area contributed by atoms with Gasteiger partial charge in [-0.25, -0.2) is 4.79 Å². The summed E-state index contributed by atoms with van der Waals surface area (Å²) in [6.07, 6.45) is 0. The topological polar surface area (TPSA) is 54.0 Å². The van der Waals surface area contributed by atoms with Crippen molar-refractivity contribution in [1.29, 1.82) is 0 Å². The first-order chi connectivity index (χ1) is 13.1. The highest BCUT2D eigenvalue weighted by Gasteiger charge is 2.38. The van der Waals surface area contributed by atoms with Crippen LogP contribution in [0.15, 0.2) is 18.2 Å². The molecule has 156 valence electrons. The van der Waals surface area contributed by atoms with Crippen molar-refractivity contribution >= 4 is 25.7 Å². The van der Waals surface area contributed by atoms with E-state index in [1.54, 1.807) is 0 Å². The summed E-state index contributed by atoms with van der Waals surface area (Å²) in [5.41, 5.74) is 2.92. The number of piperazine rings is 1. The fourth-order valence-corrected chi connectivity index (χ4v) is 4.73. The number of fused-ring (bicyclic) bond motifs is 3. The molecule has 6 nitrogen and oxygen atoms in total. The molecule has 0 unspecified atom stereocenters. The number of rotatable bonds is 5. The summed E-state index contributed by atoms with van der Waals surface area (Å²) in [7, 11) is -0.344. The second kappa shape index (κ2) is 8.04. The second-order valence-electron chi connectivity index (χ2n) is 9.30. The van der Waals surface area contributed by atoms with E-state index in [2.05, 4.69) is 55.0 Å². The zero-order chi connectivity index (χ0) is 20.5. The van der Waals surface area contributed by atoms with Crippen LogP contribution in [0, 0.1) is 0 Å². The number of hydrogen-bond donors (Lipinski definition) is 1. The summed E-state index contributed by atoms with van der Waals surface area (Å²) in [6, 6.07) is 6.37. The summed E-state index contributed by atoms with van der Waals surface area (Å²) in [4.78, 5) is 16.9. The molecule has 1 atom stereocenters. The molecule has 1 aromatic rings. The van der Waals surface area contributed by atoms with Gasteiger partial charge < -0.3 is 24.3 Å². The first-order valence-corrected chi connectivity index (χ1v) is 13.1. The lowest BCUT2D eigenvalue weighted by Gasteiger charge is -2.47. The maximum atomic E-state index is 12.1. The van der Waals surface area contributed by atoms with Crippen molar-refractivity contribution in [3.63, 3.8) is 0 Å². The Morgan fingerprint density at radius 3 is 2.71 bits per heavy atom. The molecule has 28 heavy (non-hydrogen) atoms. The van der Waals surface area contributed by atoms with Crippen LogP contribution >= 0.6 is 0 Å². The summed E-state index contributed by atoms with van der Waals surface area (Å²) < 4.78 is 11.4. The smallest absolute Gasteiger partial charge is 0.337 e. The van der Waals surface area contributed by atoms with Crippen molar-refractivity contribution in [3.8, 4) is 0 Å². The van der Waals surface area contributed by atoms with Gasteiger partial charge in [0, 0.05) is 32.7 Å². The Hall–Kier alpha value is -1.57. The monoisotopic (exact) mass is 405 g/mol. The average molecular weight is 406 g/mol. The molecule has 0 radical (unpaired) electrons. The van der Waals surface area contributed by atoms with Crippen LogP contribution in [-0.2, 0) is 9.16 Å². The maximum Gasteiger partial charge on any atom is 0.337 e. The molecule has 2 aliphatic heterocycles. The molecule has 1 N–H and O–H groups in total. The molecule has 0 aromatic heterocycles. The zero-order valence-electron chi connectivity index (χ0n) is 18.2. The number of benzene rings is 1. The van der Waals surface area contributed by atoms with E-state index in [1.807, 2.05) is 12.1 Å². The standard InChI is InChI=1S/C21H35N3O3Si/c1-21(2,3)28(5,6)27-12-11-23-15-17-14-22-9-10-24(17)18-8-7-16(13-19(18)23)20(25)26-4/h7-8,13,17,22H,9-12,14-15H2,1-6H3/t17-/m0/s1. The van der Waals surface area contributed by atoms with Crippen LogP contribution in [0.25, 0.3) is 0 Å². The number of carbonyl (C=O) groups is 1. The minimum atomic E-state index is -1.77. The van der Waals surface area contributed by atoms with E-state index in [0.717, 1.165) is 38.4 Å². The largest absolute Gasteiger partial charge is 0.465 e. The summed E-state index contributed by atoms with van der Waals surface area (Å²) in [5.74, 6) is -0.289. The van der Waals surface area contributed by atoms with E-state index in [-0.39, 0.29) is 11.0 Å². The molecule has 1 aromatic carbocycles. The Balaban J connectivity index is 1.82. The zero-order valence-corrected chi connectivity index (χ0v) is 19.2. The van der Waals surface area contributed by atoms with Gasteiger partial charge in [0.15, 0.2) is 8.32 Å². The van der Waals surface area contributed by atoms with Gasteiger partial charge in [0.05, 0.1) is 36.7 Å². The molecule has 2 aliphatic rings. The van der Waals surface area contributed by atoms with E-state index < -0.39 is 8.32 Å². The molecule has 1 fully saturated rings. The van der Waals surface area contributed by atoms with Crippen LogP contribution in [0.1, 0.15) is 31.1 Å². The van der Waals surface area contributed by atoms with E-state index in [0.29, 0.717) is 18.2 Å². The van der Waals surface area contributed by atoms with E-state index in [9.17, 15) is 4.79 Å². The van der Waals surface area contributed by atoms with Crippen LogP contribution < -0.4 is 15.1 Å². The Morgan fingerprint density at radius 2 is 2.04 bits per heavy atom. The van der Waals surface area contributed by atoms with Gasteiger partial charge in [-0.2, -0.15) is 0 Å². The first kappa shape index (κ1) is 21.1. The normalized spacial score (nSPS) is 19.9. The quantitative estimate of drug-likeness (QED) is 0.600. The van der Waals surface area contributed by atoms with Crippen LogP contribution in [0.3, 0.4) is 0 Å². The van der Waals surface area contributed by atoms with Crippen LogP contribution in [0.2, 0.25) is 18.1 Å². The number of anilines is 2. The van der Waals surface area contributed by atoms with Gasteiger partial charge in [0.1, 0.15) is 0 Å². The van der Waals surface area contributed by atoms with E-state index >= 15 is 0 Å². The summed E-state index contributed by atoms with van der Waals surface area (Å²) in [6.45, 7) is 16.8. The molecule has 0 bridgehead atoms. The summed E-state index contributed by atoms with van der Waals surface area (Å²) >= 11 is 0. The predicted octanol–water partition coefficient (Wildman–Crippen LogP) is 3.09. The van der Waals surface area contributed by atoms with Crippen molar-refractivity contribution < 1.29 is 14.0 Å². The second-order valence-corrected chi connectivity index (χ2v) is 14.1. The number of ether oxygens (including phenoxy) is 1. The Kier molecular flexibility index (Phi) is 6.07. The third kappa shape index (κ3) is 4.21. The Morgan fingerprint density at radius 1 is 1.29 bits per heavy atom. The number of hydrogen-bond acceptors (Lipinski definition) is 6. The average Bonchev–Trinajstić information content (AvgIpc) is 2.66. The van der Waals surface area contributed by atoms with Gasteiger partial charge in [-0.1, -0.05) is 20.8 Å². The van der Waals surface area contributed by atoms with Gasteiger partial charge in [-0.15, -0.1) is 0 Å². The molecule has 0 spiro atoms. The molecule has 0 saturated carbocycles. The fourth-order valence-electron chi connectivity index (χ4n) is 3.70. The summed E-state index contributed by atoms with van der Waals surface area (Å²) in [5, 5.41) is 3.71. The van der Waals surface area contributed by atoms with Crippen molar-refractivity contribution in [3.05, 3.63) is 23.8 Å². The number of methoxy groups -OCH3 is 1. The van der Waals surface area contributed by atoms with Gasteiger partial charge in [0.25, 0.3) is 0 Å². The number of nitrogens with zero attached hydrogens (tertiary/aromatic N) is 2. The van der Waals surface area contributed by atoms with E-state index in [1.165, 1.54) is 12.8 Å². The SMILES string of the molecule is COC(=O)c1ccc2c(c1)N(CCO[Si](C)(C)C(C)(C)C)C[C@@H]1CNCCN21. The molecule has 1 saturated heterocycles. The fraction of sp³-hybridized carbons (Fsp3) is 0.667. The molecule has 2 heterocycles. The van der Waals surface area contributed by atoms with Crippen LogP contribution in [-0.4, -0.2) is 66.8 Å². The van der Waals surface area contributed by atoms with Crippen molar-refractivity contribution in [1.82, 2.24) is 5.32 Å². The lowest BCUT2D eigenvalue weighted by atomic mass is 10.0. The third-order valence-electron chi connectivity index (χ3n) is 6.46. The maximum absolute atomic E-state index is 12.1. The highest BCUT2D eigenvalue weighted by Crippen LogP contribution is 2.38. The van der Waals surface area contributed by atoms with Gasteiger partial charge in [-0.3, -0.25) is 0 Å². The van der Waals surface area contributed by atoms with Crippen molar-refractivity contribution in [2.45, 2.75) is 44.9 Å². The van der Waals surface area contributed by atoms with Gasteiger partial charge in [-0.05, 0) is 36.3 Å². The Bertz CT molecular complexity index is 717. The predicted molar refractivity (Wildman–Crippen MR) is 117 cm³/mol. The van der Waals surface area contributed by atoms with Gasteiger partial charge in [0.2, 0.25) is 0 Å². The first-order valence-electron chi connectivity index (χ1n) is 10.2. The molecular weight excluding hydrogens is 370 g/mol. The minimum absolute atomic E-state index is 0.203. The van der Waals surface area contributed by atoms with Gasteiger partial charge >= 0.3 is 5.97 Å². The van der Waals surface area contributed by atoms with E-state index in [4.69, 9.17) is 9.16 Å². The lowest BCUT2D eigenvalue weighted by molar-refractivity contribution is 0.0601. The highest BCUT2D eigenvalue weighted by molar-refractivity contribution is 6.74. The van der Waals surface area contributed by atoms with Crippen molar-refractivity contribution in [2.75, 3.05) is 56.2 Å². The van der Waals surface area contributed by atoms with Crippen LogP contribution in [0.4, 0.5) is 11.4 Å². The Labute approximate surface area is 170 Å². The molecule has 3 rings (SSSR count). The molecule has 0 aliphatic carbocycles.